The van der Waals surface area contributed by atoms with Gasteiger partial charge in [-0.05, 0) is 42.9 Å². The standard InChI is InChI=1S/C15H30O/c1-12(2)9-14(4)11-15(5)10-13(3)7-6-8-16/h6-7,12-16H,8-11H2,1-5H3/t13-,14+,15-/m1/s1. The van der Waals surface area contributed by atoms with Gasteiger partial charge in [-0.25, -0.2) is 0 Å². The lowest BCUT2D eigenvalue weighted by molar-refractivity contribution is 0.325. The minimum absolute atomic E-state index is 0.169. The molecule has 0 aromatic rings. The van der Waals surface area contributed by atoms with Crippen molar-refractivity contribution in [3.63, 3.8) is 0 Å². The van der Waals surface area contributed by atoms with Gasteiger partial charge in [-0.15, -0.1) is 0 Å². The molecule has 0 aromatic heterocycles. The highest BCUT2D eigenvalue weighted by Crippen LogP contribution is 2.24. The number of hydrogen-bond donors (Lipinski definition) is 1. The molecule has 96 valence electrons. The third-order valence-corrected chi connectivity index (χ3v) is 3.02. The summed E-state index contributed by atoms with van der Waals surface area (Å²) in [6.07, 6.45) is 7.89. The van der Waals surface area contributed by atoms with Gasteiger partial charge in [-0.2, -0.15) is 0 Å². The summed E-state index contributed by atoms with van der Waals surface area (Å²) in [4.78, 5) is 0. The van der Waals surface area contributed by atoms with Crippen LogP contribution in [0.3, 0.4) is 0 Å². The molecule has 0 amide bonds. The lowest BCUT2D eigenvalue weighted by atomic mass is 9.86. The zero-order chi connectivity index (χ0) is 12.6. The molecule has 1 heteroatoms. The molecule has 0 spiro atoms. The van der Waals surface area contributed by atoms with E-state index in [0.29, 0.717) is 5.92 Å². The van der Waals surface area contributed by atoms with Crippen molar-refractivity contribution in [3.8, 4) is 0 Å². The molecule has 3 atom stereocenters. The Kier molecular flexibility index (Phi) is 8.64. The van der Waals surface area contributed by atoms with Gasteiger partial charge < -0.3 is 5.11 Å². The molecule has 0 aromatic carbocycles. The van der Waals surface area contributed by atoms with E-state index in [-0.39, 0.29) is 6.61 Å². The summed E-state index contributed by atoms with van der Waals surface area (Å²) >= 11 is 0. The average Bonchev–Trinajstić information content (AvgIpc) is 2.12. The Balaban J connectivity index is 3.79. The fourth-order valence-corrected chi connectivity index (χ4v) is 2.69. The second kappa shape index (κ2) is 8.81. The Hall–Kier alpha value is -0.300. The van der Waals surface area contributed by atoms with Crippen LogP contribution in [0.4, 0.5) is 0 Å². The van der Waals surface area contributed by atoms with Crippen molar-refractivity contribution in [2.75, 3.05) is 6.61 Å². The molecule has 0 bridgehead atoms. The first-order valence-corrected chi connectivity index (χ1v) is 6.73. The normalized spacial score (nSPS) is 17.9. The quantitative estimate of drug-likeness (QED) is 0.613. The van der Waals surface area contributed by atoms with Gasteiger partial charge >= 0.3 is 0 Å². The summed E-state index contributed by atoms with van der Waals surface area (Å²) in [7, 11) is 0. The van der Waals surface area contributed by atoms with Crippen LogP contribution < -0.4 is 0 Å². The molecule has 1 nitrogen and oxygen atoms in total. The molecule has 0 fully saturated rings. The summed E-state index contributed by atoms with van der Waals surface area (Å²) < 4.78 is 0. The Morgan fingerprint density at radius 1 is 0.875 bits per heavy atom. The highest BCUT2D eigenvalue weighted by atomic mass is 16.2. The van der Waals surface area contributed by atoms with Crippen LogP contribution in [0.25, 0.3) is 0 Å². The molecule has 1 N–H and O–H groups in total. The third-order valence-electron chi connectivity index (χ3n) is 3.02. The van der Waals surface area contributed by atoms with Crippen LogP contribution in [0.2, 0.25) is 0 Å². The summed E-state index contributed by atoms with van der Waals surface area (Å²) in [5, 5.41) is 8.71. The van der Waals surface area contributed by atoms with Crippen molar-refractivity contribution < 1.29 is 5.11 Å². The molecule has 0 unspecified atom stereocenters. The van der Waals surface area contributed by atoms with Crippen molar-refractivity contribution in [2.45, 2.75) is 53.9 Å². The van der Waals surface area contributed by atoms with Gasteiger partial charge in [-0.3, -0.25) is 0 Å². The third kappa shape index (κ3) is 8.96. The van der Waals surface area contributed by atoms with Gasteiger partial charge in [0.05, 0.1) is 6.61 Å². The van der Waals surface area contributed by atoms with Crippen molar-refractivity contribution in [2.24, 2.45) is 23.7 Å². The first-order chi connectivity index (χ1) is 7.45. The largest absolute Gasteiger partial charge is 0.392 e. The van der Waals surface area contributed by atoms with E-state index < -0.39 is 0 Å². The number of aliphatic hydroxyl groups excluding tert-OH is 1. The predicted molar refractivity (Wildman–Crippen MR) is 72.4 cm³/mol. The lowest BCUT2D eigenvalue weighted by Gasteiger charge is -2.20. The van der Waals surface area contributed by atoms with Crippen molar-refractivity contribution in [3.05, 3.63) is 12.2 Å². The maximum absolute atomic E-state index is 8.71. The van der Waals surface area contributed by atoms with E-state index in [2.05, 4.69) is 40.7 Å². The van der Waals surface area contributed by atoms with E-state index in [0.717, 1.165) is 17.8 Å². The number of allylic oxidation sites excluding steroid dienone is 1. The zero-order valence-corrected chi connectivity index (χ0v) is 11.7. The molecule has 0 radical (unpaired) electrons. The minimum Gasteiger partial charge on any atom is -0.392 e. The fraction of sp³-hybridized carbons (Fsp3) is 0.867. The Labute approximate surface area is 102 Å². The van der Waals surface area contributed by atoms with Crippen LogP contribution in [0.5, 0.6) is 0 Å². The van der Waals surface area contributed by atoms with E-state index in [1.54, 1.807) is 0 Å². The lowest BCUT2D eigenvalue weighted by Crippen LogP contribution is -2.08. The average molecular weight is 226 g/mol. The highest BCUT2D eigenvalue weighted by Gasteiger charge is 2.12. The fourth-order valence-electron chi connectivity index (χ4n) is 2.69. The van der Waals surface area contributed by atoms with Crippen molar-refractivity contribution in [1.82, 2.24) is 0 Å². The maximum Gasteiger partial charge on any atom is 0.0612 e. The summed E-state index contributed by atoms with van der Waals surface area (Å²) in [5.41, 5.74) is 0. The number of rotatable bonds is 8. The van der Waals surface area contributed by atoms with Crippen LogP contribution in [0.15, 0.2) is 12.2 Å². The van der Waals surface area contributed by atoms with E-state index in [9.17, 15) is 0 Å². The van der Waals surface area contributed by atoms with Gasteiger partial charge in [0.15, 0.2) is 0 Å². The molecule has 0 heterocycles. The molecular weight excluding hydrogens is 196 g/mol. The topological polar surface area (TPSA) is 20.2 Å². The molecule has 0 aliphatic rings. The van der Waals surface area contributed by atoms with Crippen LogP contribution in [-0.2, 0) is 0 Å². The van der Waals surface area contributed by atoms with Crippen molar-refractivity contribution in [1.29, 1.82) is 0 Å². The molecule has 0 aliphatic carbocycles. The smallest absolute Gasteiger partial charge is 0.0612 e. The zero-order valence-electron chi connectivity index (χ0n) is 11.7. The highest BCUT2D eigenvalue weighted by molar-refractivity contribution is 4.86. The summed E-state index contributed by atoms with van der Waals surface area (Å²) in [6.45, 7) is 11.7. The SMILES string of the molecule is CC(C)C[C@H](C)C[C@H](C)C[C@H](C)C=CCO. The van der Waals surface area contributed by atoms with E-state index >= 15 is 0 Å². The van der Waals surface area contributed by atoms with Gasteiger partial charge in [0.2, 0.25) is 0 Å². The Bertz CT molecular complexity index is 184. The van der Waals surface area contributed by atoms with Gasteiger partial charge in [0, 0.05) is 0 Å². The molecule has 0 rings (SSSR count). The van der Waals surface area contributed by atoms with Gasteiger partial charge in [0.25, 0.3) is 0 Å². The Morgan fingerprint density at radius 3 is 1.94 bits per heavy atom. The second-order valence-electron chi connectivity index (χ2n) is 5.90. The van der Waals surface area contributed by atoms with Crippen LogP contribution in [-0.4, -0.2) is 11.7 Å². The van der Waals surface area contributed by atoms with Crippen molar-refractivity contribution >= 4 is 0 Å². The first-order valence-electron chi connectivity index (χ1n) is 6.73. The van der Waals surface area contributed by atoms with Gasteiger partial charge in [0.1, 0.15) is 0 Å². The van der Waals surface area contributed by atoms with E-state index in [4.69, 9.17) is 5.11 Å². The van der Waals surface area contributed by atoms with Gasteiger partial charge in [-0.1, -0.05) is 46.8 Å². The molecule has 0 saturated heterocycles. The number of aliphatic hydroxyl groups is 1. The van der Waals surface area contributed by atoms with E-state index in [1.807, 2.05) is 6.08 Å². The van der Waals surface area contributed by atoms with Crippen LogP contribution >= 0.6 is 0 Å². The monoisotopic (exact) mass is 226 g/mol. The molecular formula is C15H30O. The molecule has 16 heavy (non-hydrogen) atoms. The Morgan fingerprint density at radius 2 is 1.44 bits per heavy atom. The van der Waals surface area contributed by atoms with Crippen LogP contribution in [0.1, 0.15) is 53.9 Å². The second-order valence-corrected chi connectivity index (χ2v) is 5.90. The molecule has 0 aliphatic heterocycles. The maximum atomic E-state index is 8.71. The van der Waals surface area contributed by atoms with E-state index in [1.165, 1.54) is 19.3 Å². The summed E-state index contributed by atoms with van der Waals surface area (Å²) in [6, 6.07) is 0. The molecule has 0 saturated carbocycles. The minimum atomic E-state index is 0.169. The van der Waals surface area contributed by atoms with Crippen LogP contribution in [0, 0.1) is 23.7 Å². The summed E-state index contributed by atoms with van der Waals surface area (Å²) in [5.74, 6) is 3.03. The number of hydrogen-bond acceptors (Lipinski definition) is 1. The predicted octanol–water partition coefficient (Wildman–Crippen LogP) is 4.27. The first kappa shape index (κ1) is 15.7.